The lowest BCUT2D eigenvalue weighted by Crippen LogP contribution is -1.96. The molecule has 1 heterocycles. The normalized spacial score (nSPS) is 11.4. The van der Waals surface area contributed by atoms with Gasteiger partial charge in [0.2, 0.25) is 0 Å². The molecule has 0 atom stereocenters. The molecule has 0 unspecified atom stereocenters. The van der Waals surface area contributed by atoms with E-state index in [1.807, 2.05) is 6.20 Å². The summed E-state index contributed by atoms with van der Waals surface area (Å²) in [5.74, 6) is 0.689. The van der Waals surface area contributed by atoms with Gasteiger partial charge in [-0.05, 0) is 30.0 Å². The molecule has 0 amide bonds. The molecule has 13 heavy (non-hydrogen) atoms. The maximum atomic E-state index is 4.19. The monoisotopic (exact) mass is 176 g/mol. The summed E-state index contributed by atoms with van der Waals surface area (Å²) in [6.07, 6.45) is 4.73. The number of pyridine rings is 1. The van der Waals surface area contributed by atoms with Gasteiger partial charge in [-0.15, -0.1) is 0 Å². The van der Waals surface area contributed by atoms with E-state index in [-0.39, 0.29) is 0 Å². The van der Waals surface area contributed by atoms with Crippen LogP contribution in [0.1, 0.15) is 25.1 Å². The average molecular weight is 176 g/mol. The van der Waals surface area contributed by atoms with E-state index in [0.29, 0.717) is 5.92 Å². The van der Waals surface area contributed by atoms with E-state index in [2.05, 4.69) is 36.0 Å². The molecule has 1 aromatic rings. The van der Waals surface area contributed by atoms with Gasteiger partial charge in [0.25, 0.3) is 0 Å². The molecule has 0 fully saturated rings. The van der Waals surface area contributed by atoms with Crippen LogP contribution >= 0.6 is 0 Å². The minimum absolute atomic E-state index is 0.689. The second kappa shape index (κ2) is 4.75. The number of aliphatic imine (C=N–C) groups is 1. The summed E-state index contributed by atoms with van der Waals surface area (Å²) in [5.41, 5.74) is 2.28. The molecule has 2 nitrogen and oxygen atoms in total. The second-order valence-corrected chi connectivity index (χ2v) is 3.57. The van der Waals surface area contributed by atoms with Crippen LogP contribution in [0.25, 0.3) is 0 Å². The van der Waals surface area contributed by atoms with Crippen molar-refractivity contribution in [3.05, 3.63) is 29.6 Å². The molecule has 0 spiro atoms. The molecule has 1 aromatic heterocycles. The van der Waals surface area contributed by atoms with Crippen molar-refractivity contribution < 1.29 is 0 Å². The molecule has 70 valence electrons. The van der Waals surface area contributed by atoms with Crippen molar-refractivity contribution >= 4 is 6.21 Å². The Bertz CT molecular complexity index is 290. The van der Waals surface area contributed by atoms with E-state index in [4.69, 9.17) is 0 Å². The van der Waals surface area contributed by atoms with Gasteiger partial charge in [-0.1, -0.05) is 13.8 Å². The summed E-state index contributed by atoms with van der Waals surface area (Å²) in [7, 11) is 1.76. The number of nitrogens with zero attached hydrogens (tertiary/aromatic N) is 2. The minimum atomic E-state index is 0.689. The third-order valence-electron chi connectivity index (χ3n) is 1.75. The van der Waals surface area contributed by atoms with Crippen LogP contribution in [0.4, 0.5) is 0 Å². The Morgan fingerprint density at radius 1 is 1.54 bits per heavy atom. The average Bonchev–Trinajstić information content (AvgIpc) is 2.04. The lowest BCUT2D eigenvalue weighted by molar-refractivity contribution is 0.646. The van der Waals surface area contributed by atoms with Crippen LogP contribution in [0.2, 0.25) is 0 Å². The molecule has 0 aliphatic heterocycles. The summed E-state index contributed by atoms with van der Waals surface area (Å²) in [5, 5.41) is 0. The van der Waals surface area contributed by atoms with Crippen LogP contribution < -0.4 is 0 Å². The molecular weight excluding hydrogens is 160 g/mol. The fourth-order valence-corrected chi connectivity index (χ4v) is 1.30. The first kappa shape index (κ1) is 9.90. The maximum absolute atomic E-state index is 4.19. The van der Waals surface area contributed by atoms with Gasteiger partial charge in [0.05, 0.1) is 5.69 Å². The molecule has 0 bridgehead atoms. The zero-order valence-electron chi connectivity index (χ0n) is 8.49. The molecule has 0 saturated heterocycles. The molecule has 0 aromatic carbocycles. The molecule has 0 N–H and O–H groups in total. The summed E-state index contributed by atoms with van der Waals surface area (Å²) in [4.78, 5) is 8.13. The van der Waals surface area contributed by atoms with Gasteiger partial charge in [0, 0.05) is 19.5 Å². The van der Waals surface area contributed by atoms with Crippen LogP contribution in [-0.2, 0) is 6.42 Å². The first-order valence-electron chi connectivity index (χ1n) is 4.59. The Morgan fingerprint density at radius 2 is 2.31 bits per heavy atom. The smallest absolute Gasteiger partial charge is 0.0810 e. The Hall–Kier alpha value is -1.18. The van der Waals surface area contributed by atoms with Crippen LogP contribution in [0.3, 0.4) is 0 Å². The SMILES string of the molecule is CN=Cc1cc(CC(C)C)ccn1. The Labute approximate surface area is 79.7 Å². The van der Waals surface area contributed by atoms with Crippen molar-refractivity contribution in [3.8, 4) is 0 Å². The van der Waals surface area contributed by atoms with Crippen molar-refractivity contribution in [2.45, 2.75) is 20.3 Å². The van der Waals surface area contributed by atoms with Gasteiger partial charge in [-0.25, -0.2) is 0 Å². The largest absolute Gasteiger partial charge is 0.294 e. The van der Waals surface area contributed by atoms with Gasteiger partial charge < -0.3 is 0 Å². The summed E-state index contributed by atoms with van der Waals surface area (Å²) in [6, 6.07) is 4.15. The predicted molar refractivity (Wildman–Crippen MR) is 56.3 cm³/mol. The molecule has 1 rings (SSSR count). The van der Waals surface area contributed by atoms with E-state index in [1.54, 1.807) is 13.3 Å². The highest BCUT2D eigenvalue weighted by Gasteiger charge is 1.98. The van der Waals surface area contributed by atoms with Gasteiger partial charge >= 0.3 is 0 Å². The number of aromatic nitrogens is 1. The summed E-state index contributed by atoms with van der Waals surface area (Å²) in [6.45, 7) is 4.43. The van der Waals surface area contributed by atoms with Crippen molar-refractivity contribution in [2.75, 3.05) is 7.05 Å². The van der Waals surface area contributed by atoms with E-state index < -0.39 is 0 Å². The highest BCUT2D eigenvalue weighted by Crippen LogP contribution is 2.07. The third-order valence-corrected chi connectivity index (χ3v) is 1.75. The Morgan fingerprint density at radius 3 is 2.92 bits per heavy atom. The highest BCUT2D eigenvalue weighted by molar-refractivity contribution is 5.76. The molecule has 0 aliphatic rings. The maximum Gasteiger partial charge on any atom is 0.0810 e. The van der Waals surface area contributed by atoms with Crippen molar-refractivity contribution in [1.29, 1.82) is 0 Å². The molecule has 0 radical (unpaired) electrons. The number of hydrogen-bond donors (Lipinski definition) is 0. The van der Waals surface area contributed by atoms with Crippen molar-refractivity contribution in [3.63, 3.8) is 0 Å². The first-order valence-corrected chi connectivity index (χ1v) is 4.59. The fraction of sp³-hybridized carbons (Fsp3) is 0.455. The van der Waals surface area contributed by atoms with E-state index >= 15 is 0 Å². The molecule has 2 heteroatoms. The van der Waals surface area contributed by atoms with Crippen molar-refractivity contribution in [1.82, 2.24) is 4.98 Å². The van der Waals surface area contributed by atoms with Gasteiger partial charge in [-0.3, -0.25) is 9.98 Å². The van der Waals surface area contributed by atoms with Gasteiger partial charge in [-0.2, -0.15) is 0 Å². The molecule has 0 aliphatic carbocycles. The lowest BCUT2D eigenvalue weighted by atomic mass is 10.0. The van der Waals surface area contributed by atoms with E-state index in [1.165, 1.54) is 5.56 Å². The predicted octanol–water partition coefficient (Wildman–Crippen LogP) is 2.33. The van der Waals surface area contributed by atoms with Crippen molar-refractivity contribution in [2.24, 2.45) is 10.9 Å². The zero-order chi connectivity index (χ0) is 9.68. The van der Waals surface area contributed by atoms with Crippen LogP contribution in [0, 0.1) is 5.92 Å². The minimum Gasteiger partial charge on any atom is -0.294 e. The quantitative estimate of drug-likeness (QED) is 0.649. The fourth-order valence-electron chi connectivity index (χ4n) is 1.30. The number of rotatable bonds is 3. The topological polar surface area (TPSA) is 25.2 Å². The van der Waals surface area contributed by atoms with Crippen LogP contribution in [-0.4, -0.2) is 18.2 Å². The second-order valence-electron chi connectivity index (χ2n) is 3.57. The van der Waals surface area contributed by atoms with Crippen LogP contribution in [0.15, 0.2) is 23.3 Å². The Kier molecular flexibility index (Phi) is 3.62. The highest BCUT2D eigenvalue weighted by atomic mass is 14.7. The molecule has 0 saturated carbocycles. The lowest BCUT2D eigenvalue weighted by Gasteiger charge is -2.04. The number of hydrogen-bond acceptors (Lipinski definition) is 2. The summed E-state index contributed by atoms with van der Waals surface area (Å²) < 4.78 is 0. The van der Waals surface area contributed by atoms with Crippen LogP contribution in [0.5, 0.6) is 0 Å². The standard InChI is InChI=1S/C11H16N2/c1-9(2)6-10-4-5-13-11(7-10)8-12-3/h4-5,7-9H,6H2,1-3H3. The first-order chi connectivity index (χ1) is 6.22. The summed E-state index contributed by atoms with van der Waals surface area (Å²) >= 11 is 0. The zero-order valence-corrected chi connectivity index (χ0v) is 8.49. The van der Waals surface area contributed by atoms with Gasteiger partial charge in [0.15, 0.2) is 0 Å². The third kappa shape index (κ3) is 3.36. The molecular formula is C11H16N2. The Balaban J connectivity index is 2.79. The van der Waals surface area contributed by atoms with E-state index in [9.17, 15) is 0 Å². The van der Waals surface area contributed by atoms with E-state index in [0.717, 1.165) is 12.1 Å². The van der Waals surface area contributed by atoms with Gasteiger partial charge in [0.1, 0.15) is 0 Å².